The largest absolute Gasteiger partial charge is 0.393 e. The molecule has 2 unspecified atom stereocenters. The molecule has 4 nitrogen and oxygen atoms in total. The van der Waals surface area contributed by atoms with Crippen LogP contribution in [-0.2, 0) is 4.74 Å². The van der Waals surface area contributed by atoms with Gasteiger partial charge >= 0.3 is 0 Å². The third-order valence-corrected chi connectivity index (χ3v) is 3.45. The Morgan fingerprint density at radius 2 is 1.50 bits per heavy atom. The van der Waals surface area contributed by atoms with Crippen LogP contribution in [0, 0.1) is 0 Å². The van der Waals surface area contributed by atoms with E-state index < -0.39 is 16.8 Å². The van der Waals surface area contributed by atoms with Crippen molar-refractivity contribution in [1.82, 2.24) is 0 Å². The molecule has 14 heavy (non-hydrogen) atoms. The zero-order chi connectivity index (χ0) is 10.4. The van der Waals surface area contributed by atoms with Gasteiger partial charge in [-0.3, -0.25) is 0 Å². The zero-order valence-electron chi connectivity index (χ0n) is 8.49. The monoisotopic (exact) mass is 202 g/mol. The quantitative estimate of drug-likeness (QED) is 0.580. The lowest BCUT2D eigenvalue weighted by Gasteiger charge is -2.45. The Morgan fingerprint density at radius 1 is 1.07 bits per heavy atom. The van der Waals surface area contributed by atoms with Crippen molar-refractivity contribution in [2.45, 2.75) is 49.4 Å². The van der Waals surface area contributed by atoms with Crippen molar-refractivity contribution < 1.29 is 20.1 Å². The number of ether oxygens (including phenoxy) is 1. The van der Waals surface area contributed by atoms with Gasteiger partial charge in [-0.15, -0.1) is 0 Å². The van der Waals surface area contributed by atoms with E-state index >= 15 is 0 Å². The summed E-state index contributed by atoms with van der Waals surface area (Å²) in [4.78, 5) is 0. The summed E-state index contributed by atoms with van der Waals surface area (Å²) in [5.41, 5.74) is -2.07. The van der Waals surface area contributed by atoms with E-state index in [1.807, 2.05) is 0 Å². The third kappa shape index (κ3) is 1.46. The molecule has 0 spiro atoms. The Bertz CT molecular complexity index is 218. The molecule has 0 amide bonds. The molecular formula is C10H18O4. The van der Waals surface area contributed by atoms with Crippen molar-refractivity contribution in [2.75, 3.05) is 13.2 Å². The first kappa shape index (κ1) is 10.4. The van der Waals surface area contributed by atoms with Crippen molar-refractivity contribution in [1.29, 1.82) is 0 Å². The molecule has 2 fully saturated rings. The van der Waals surface area contributed by atoms with Gasteiger partial charge in [0.15, 0.2) is 0 Å². The number of rotatable bonds is 2. The number of fused-ring (bicyclic) bond motifs is 2. The van der Waals surface area contributed by atoms with Crippen molar-refractivity contribution in [3.63, 3.8) is 0 Å². The lowest BCUT2D eigenvalue weighted by atomic mass is 9.81. The fourth-order valence-electron chi connectivity index (χ4n) is 3.05. The van der Waals surface area contributed by atoms with E-state index in [9.17, 15) is 15.3 Å². The van der Waals surface area contributed by atoms with Crippen molar-refractivity contribution in [3.05, 3.63) is 0 Å². The molecule has 0 aromatic heterocycles. The van der Waals surface area contributed by atoms with E-state index in [0.29, 0.717) is 12.8 Å². The molecule has 0 aromatic carbocycles. The van der Waals surface area contributed by atoms with Gasteiger partial charge < -0.3 is 20.1 Å². The molecule has 2 bridgehead atoms. The first-order valence-electron chi connectivity index (χ1n) is 5.09. The van der Waals surface area contributed by atoms with Crippen LogP contribution in [-0.4, -0.2) is 45.3 Å². The Morgan fingerprint density at radius 3 is 1.86 bits per heavy atom. The summed E-state index contributed by atoms with van der Waals surface area (Å²) < 4.78 is 5.75. The molecule has 2 rings (SSSR count). The van der Waals surface area contributed by atoms with Crippen molar-refractivity contribution >= 4 is 0 Å². The van der Waals surface area contributed by atoms with Crippen LogP contribution >= 0.6 is 0 Å². The lowest BCUT2D eigenvalue weighted by molar-refractivity contribution is -0.223. The minimum absolute atomic E-state index is 0.0785. The standard InChI is InChI=1S/C10H18O4/c1-8(13)4-9(6-11)2-3-10(5-8,7-12)14-9/h11-13H,2-7H2,1H3. The molecule has 0 aliphatic carbocycles. The molecule has 4 heteroatoms. The van der Waals surface area contributed by atoms with Crippen molar-refractivity contribution in [3.8, 4) is 0 Å². The summed E-state index contributed by atoms with van der Waals surface area (Å²) >= 11 is 0. The minimum Gasteiger partial charge on any atom is -0.393 e. The summed E-state index contributed by atoms with van der Waals surface area (Å²) in [6, 6.07) is 0. The Hall–Kier alpha value is -0.160. The van der Waals surface area contributed by atoms with E-state index in [4.69, 9.17) is 4.74 Å². The molecule has 0 aromatic rings. The average molecular weight is 202 g/mol. The summed E-state index contributed by atoms with van der Waals surface area (Å²) in [5, 5.41) is 28.6. The van der Waals surface area contributed by atoms with Gasteiger partial charge in [0.2, 0.25) is 0 Å². The van der Waals surface area contributed by atoms with Gasteiger partial charge in [-0.2, -0.15) is 0 Å². The summed E-state index contributed by atoms with van der Waals surface area (Å²) in [7, 11) is 0. The van der Waals surface area contributed by atoms with E-state index in [1.54, 1.807) is 6.92 Å². The lowest BCUT2D eigenvalue weighted by Crippen LogP contribution is -2.54. The van der Waals surface area contributed by atoms with Crippen LogP contribution in [0.5, 0.6) is 0 Å². The van der Waals surface area contributed by atoms with Crippen LogP contribution in [0.4, 0.5) is 0 Å². The SMILES string of the molecule is CC1(O)CC2(CO)CCC(CO)(C1)O2. The fourth-order valence-corrected chi connectivity index (χ4v) is 3.05. The highest BCUT2D eigenvalue weighted by Gasteiger charge is 2.58. The van der Waals surface area contributed by atoms with E-state index in [-0.39, 0.29) is 13.2 Å². The molecule has 2 heterocycles. The molecule has 2 atom stereocenters. The van der Waals surface area contributed by atoms with Crippen LogP contribution in [0.3, 0.4) is 0 Å². The summed E-state index contributed by atoms with van der Waals surface area (Å²) in [6.07, 6.45) is 2.36. The molecule has 0 saturated carbocycles. The fraction of sp³-hybridized carbons (Fsp3) is 1.00. The number of hydrogen-bond acceptors (Lipinski definition) is 4. The number of aliphatic hydroxyl groups excluding tert-OH is 2. The highest BCUT2D eigenvalue weighted by molar-refractivity contribution is 5.08. The van der Waals surface area contributed by atoms with Crippen molar-refractivity contribution in [2.24, 2.45) is 0 Å². The first-order chi connectivity index (χ1) is 6.45. The van der Waals surface area contributed by atoms with Crippen LogP contribution in [0.1, 0.15) is 32.6 Å². The average Bonchev–Trinajstić information content (AvgIpc) is 2.40. The summed E-state index contributed by atoms with van der Waals surface area (Å²) in [6.45, 7) is 1.59. The maximum Gasteiger partial charge on any atom is 0.0949 e. The second-order valence-electron chi connectivity index (χ2n) is 5.13. The van der Waals surface area contributed by atoms with Crippen LogP contribution in [0.15, 0.2) is 0 Å². The number of aliphatic hydroxyl groups is 3. The molecule has 82 valence electrons. The van der Waals surface area contributed by atoms with Crippen LogP contribution in [0.25, 0.3) is 0 Å². The van der Waals surface area contributed by atoms with Gasteiger partial charge in [-0.05, 0) is 19.8 Å². The molecular weight excluding hydrogens is 184 g/mol. The highest BCUT2D eigenvalue weighted by Crippen LogP contribution is 2.51. The Labute approximate surface area is 83.5 Å². The van der Waals surface area contributed by atoms with E-state index in [0.717, 1.165) is 12.8 Å². The maximum atomic E-state index is 10.0. The smallest absolute Gasteiger partial charge is 0.0949 e. The second-order valence-corrected chi connectivity index (χ2v) is 5.13. The van der Waals surface area contributed by atoms with E-state index in [1.165, 1.54) is 0 Å². The molecule has 0 radical (unpaired) electrons. The molecule has 2 aliphatic rings. The van der Waals surface area contributed by atoms with E-state index in [2.05, 4.69) is 0 Å². The van der Waals surface area contributed by atoms with Gasteiger partial charge in [0.05, 0.1) is 30.0 Å². The Kier molecular flexibility index (Phi) is 2.16. The van der Waals surface area contributed by atoms with Crippen LogP contribution < -0.4 is 0 Å². The molecule has 3 N–H and O–H groups in total. The van der Waals surface area contributed by atoms with Gasteiger partial charge in [0.1, 0.15) is 0 Å². The Balaban J connectivity index is 2.27. The first-order valence-corrected chi connectivity index (χ1v) is 5.09. The molecule has 2 saturated heterocycles. The third-order valence-electron chi connectivity index (χ3n) is 3.45. The van der Waals surface area contributed by atoms with Gasteiger partial charge in [-0.1, -0.05) is 0 Å². The highest BCUT2D eigenvalue weighted by atomic mass is 16.6. The van der Waals surface area contributed by atoms with Gasteiger partial charge in [-0.25, -0.2) is 0 Å². The topological polar surface area (TPSA) is 69.9 Å². The van der Waals surface area contributed by atoms with Crippen LogP contribution in [0.2, 0.25) is 0 Å². The molecule has 2 aliphatic heterocycles. The van der Waals surface area contributed by atoms with Gasteiger partial charge in [0.25, 0.3) is 0 Å². The number of hydrogen-bond donors (Lipinski definition) is 3. The summed E-state index contributed by atoms with van der Waals surface area (Å²) in [5.74, 6) is 0. The predicted octanol–water partition coefficient (Wildman–Crippen LogP) is -0.196. The van der Waals surface area contributed by atoms with Gasteiger partial charge in [0, 0.05) is 12.8 Å². The minimum atomic E-state index is -0.833. The zero-order valence-corrected chi connectivity index (χ0v) is 8.49. The normalized spacial score (nSPS) is 52.3. The predicted molar refractivity (Wildman–Crippen MR) is 49.8 cm³/mol. The maximum absolute atomic E-state index is 10.0. The second kappa shape index (κ2) is 2.92.